The van der Waals surface area contributed by atoms with E-state index in [-0.39, 0.29) is 0 Å². The van der Waals surface area contributed by atoms with E-state index in [1.807, 2.05) is 41.9 Å². The Kier molecular flexibility index (Phi) is 5.39. The van der Waals surface area contributed by atoms with Crippen LogP contribution in [0.25, 0.3) is 22.0 Å². The molecule has 2 heterocycles. The van der Waals surface area contributed by atoms with Crippen molar-refractivity contribution < 1.29 is 0 Å². The molecule has 2 aromatic heterocycles. The molecule has 0 saturated heterocycles. The van der Waals surface area contributed by atoms with Crippen LogP contribution in [-0.2, 0) is 13.6 Å². The van der Waals surface area contributed by atoms with Gasteiger partial charge in [0, 0.05) is 29.3 Å². The smallest absolute Gasteiger partial charge is 0.156 e. The van der Waals surface area contributed by atoms with Crippen molar-refractivity contribution >= 4 is 39.8 Å². The van der Waals surface area contributed by atoms with Gasteiger partial charge in [-0.1, -0.05) is 67.4 Å². The first-order chi connectivity index (χ1) is 14.0. The Morgan fingerprint density at radius 1 is 0.931 bits per heavy atom. The van der Waals surface area contributed by atoms with Gasteiger partial charge in [-0.25, -0.2) is 0 Å². The lowest BCUT2D eigenvalue weighted by Crippen LogP contribution is -2.10. The molecule has 4 aromatic rings. The van der Waals surface area contributed by atoms with Crippen LogP contribution in [0.2, 0.25) is 10.0 Å². The van der Waals surface area contributed by atoms with Crippen molar-refractivity contribution in [3.8, 4) is 11.3 Å². The highest BCUT2D eigenvalue weighted by Gasteiger charge is 2.14. The summed E-state index contributed by atoms with van der Waals surface area (Å²) in [5.41, 5.74) is 1.62. The summed E-state index contributed by atoms with van der Waals surface area (Å²) in [6, 6.07) is 13.5. The lowest BCUT2D eigenvalue weighted by Gasteiger charge is -2.12. The Hall–Kier alpha value is -2.70. The molecule has 0 unspecified atom stereocenters. The van der Waals surface area contributed by atoms with Gasteiger partial charge in [-0.2, -0.15) is 0 Å². The molecule has 6 nitrogen and oxygen atoms in total. The van der Waals surface area contributed by atoms with Crippen molar-refractivity contribution in [1.82, 2.24) is 25.0 Å². The highest BCUT2D eigenvalue weighted by atomic mass is 35.5. The first-order valence-electron chi connectivity index (χ1n) is 9.28. The Morgan fingerprint density at radius 3 is 2.38 bits per heavy atom. The van der Waals surface area contributed by atoms with Gasteiger partial charge in [0.2, 0.25) is 0 Å². The molecular formula is C21H20Cl2N6. The zero-order valence-corrected chi connectivity index (χ0v) is 17.8. The van der Waals surface area contributed by atoms with E-state index in [0.29, 0.717) is 28.3 Å². The summed E-state index contributed by atoms with van der Waals surface area (Å²) < 4.78 is 2.01. The normalized spacial score (nSPS) is 11.4. The van der Waals surface area contributed by atoms with Crippen LogP contribution in [0.15, 0.2) is 42.5 Å². The Morgan fingerprint density at radius 2 is 1.69 bits per heavy atom. The summed E-state index contributed by atoms with van der Waals surface area (Å²) in [5, 5.41) is 23.7. The van der Waals surface area contributed by atoms with Crippen molar-refractivity contribution in [2.75, 3.05) is 5.32 Å². The molecule has 0 saturated carbocycles. The zero-order chi connectivity index (χ0) is 20.5. The Bertz CT molecular complexity index is 1190. The summed E-state index contributed by atoms with van der Waals surface area (Å²) in [4.78, 5) is 0. The number of aromatic nitrogens is 5. The van der Waals surface area contributed by atoms with Crippen LogP contribution in [0.1, 0.15) is 31.4 Å². The summed E-state index contributed by atoms with van der Waals surface area (Å²) in [6.45, 7) is 4.70. The predicted molar refractivity (Wildman–Crippen MR) is 117 cm³/mol. The number of benzene rings is 2. The molecule has 148 valence electrons. The standard InChI is InChI=1S/C21H20Cl2N6/c1-12(2)21-28-25-18(29(21)3)11-24-20-15-7-5-4-6-14(15)19(26-27-20)13-8-9-16(22)17(23)10-13/h4-10,12H,11H2,1-3H3,(H,24,27). The molecule has 4 rings (SSSR count). The zero-order valence-electron chi connectivity index (χ0n) is 16.3. The van der Waals surface area contributed by atoms with Crippen molar-refractivity contribution in [3.63, 3.8) is 0 Å². The third kappa shape index (κ3) is 3.78. The fourth-order valence-corrected chi connectivity index (χ4v) is 3.58. The number of halogens is 2. The van der Waals surface area contributed by atoms with Crippen molar-refractivity contribution in [2.45, 2.75) is 26.3 Å². The minimum atomic E-state index is 0.312. The molecule has 0 aliphatic rings. The lowest BCUT2D eigenvalue weighted by atomic mass is 10.0. The summed E-state index contributed by atoms with van der Waals surface area (Å²) in [6.07, 6.45) is 0. The van der Waals surface area contributed by atoms with Crippen molar-refractivity contribution in [3.05, 3.63) is 64.2 Å². The molecule has 29 heavy (non-hydrogen) atoms. The minimum absolute atomic E-state index is 0.312. The second kappa shape index (κ2) is 7.97. The maximum atomic E-state index is 6.20. The number of rotatable bonds is 5. The number of hydrogen-bond donors (Lipinski definition) is 1. The third-order valence-electron chi connectivity index (χ3n) is 4.81. The quantitative estimate of drug-likeness (QED) is 0.458. The fraction of sp³-hybridized carbons (Fsp3) is 0.238. The van der Waals surface area contributed by atoms with Gasteiger partial charge >= 0.3 is 0 Å². The van der Waals surface area contributed by atoms with E-state index in [9.17, 15) is 0 Å². The summed E-state index contributed by atoms with van der Waals surface area (Å²) in [7, 11) is 1.98. The van der Waals surface area contributed by atoms with Gasteiger partial charge in [-0.05, 0) is 12.1 Å². The largest absolute Gasteiger partial charge is 0.361 e. The van der Waals surface area contributed by atoms with Gasteiger partial charge in [0.05, 0.1) is 16.6 Å². The molecule has 0 amide bonds. The van der Waals surface area contributed by atoms with Crippen LogP contribution < -0.4 is 5.32 Å². The van der Waals surface area contributed by atoms with E-state index in [1.165, 1.54) is 0 Å². The van der Waals surface area contributed by atoms with Crippen LogP contribution in [-0.4, -0.2) is 25.0 Å². The highest BCUT2D eigenvalue weighted by Crippen LogP contribution is 2.33. The number of anilines is 1. The maximum Gasteiger partial charge on any atom is 0.156 e. The van der Waals surface area contributed by atoms with E-state index in [4.69, 9.17) is 23.2 Å². The molecular weight excluding hydrogens is 407 g/mol. The molecule has 0 spiro atoms. The van der Waals surface area contributed by atoms with Gasteiger partial charge in [0.25, 0.3) is 0 Å². The van der Waals surface area contributed by atoms with E-state index in [0.717, 1.165) is 33.7 Å². The number of hydrogen-bond acceptors (Lipinski definition) is 5. The van der Waals surface area contributed by atoms with E-state index >= 15 is 0 Å². The highest BCUT2D eigenvalue weighted by molar-refractivity contribution is 6.42. The topological polar surface area (TPSA) is 68.5 Å². The van der Waals surface area contributed by atoms with Crippen LogP contribution in [0, 0.1) is 0 Å². The molecule has 0 bridgehead atoms. The first-order valence-corrected chi connectivity index (χ1v) is 10.0. The molecule has 0 fully saturated rings. The molecule has 1 N–H and O–H groups in total. The second-order valence-corrected chi connectivity index (χ2v) is 7.93. The number of fused-ring (bicyclic) bond motifs is 1. The number of nitrogens with zero attached hydrogens (tertiary/aromatic N) is 5. The Labute approximate surface area is 178 Å². The second-order valence-electron chi connectivity index (χ2n) is 7.11. The first kappa shape index (κ1) is 19.6. The molecule has 8 heteroatoms. The van der Waals surface area contributed by atoms with Gasteiger partial charge < -0.3 is 9.88 Å². The van der Waals surface area contributed by atoms with Gasteiger partial charge in [-0.3, -0.25) is 0 Å². The van der Waals surface area contributed by atoms with E-state index in [2.05, 4.69) is 39.6 Å². The predicted octanol–water partition coefficient (Wildman–Crippen LogP) is 5.47. The summed E-state index contributed by atoms with van der Waals surface area (Å²) >= 11 is 12.2. The van der Waals surface area contributed by atoms with Crippen LogP contribution >= 0.6 is 23.2 Å². The molecule has 0 radical (unpaired) electrons. The van der Waals surface area contributed by atoms with Gasteiger partial charge in [0.15, 0.2) is 11.6 Å². The number of nitrogens with one attached hydrogen (secondary N) is 1. The van der Waals surface area contributed by atoms with Crippen molar-refractivity contribution in [2.24, 2.45) is 7.05 Å². The fourth-order valence-electron chi connectivity index (χ4n) is 3.29. The van der Waals surface area contributed by atoms with Crippen LogP contribution in [0.3, 0.4) is 0 Å². The molecule has 2 aromatic carbocycles. The average Bonchev–Trinajstić information content (AvgIpc) is 3.09. The Balaban J connectivity index is 1.69. The van der Waals surface area contributed by atoms with Crippen molar-refractivity contribution in [1.29, 1.82) is 0 Å². The minimum Gasteiger partial charge on any atom is -0.361 e. The molecule has 0 atom stereocenters. The van der Waals surface area contributed by atoms with Crippen LogP contribution in [0.4, 0.5) is 5.82 Å². The van der Waals surface area contributed by atoms with E-state index < -0.39 is 0 Å². The lowest BCUT2D eigenvalue weighted by molar-refractivity contribution is 0.692. The van der Waals surface area contributed by atoms with Crippen LogP contribution in [0.5, 0.6) is 0 Å². The third-order valence-corrected chi connectivity index (χ3v) is 5.55. The SMILES string of the molecule is CC(C)c1nnc(CNc2nnc(-c3ccc(Cl)c(Cl)c3)c3ccccc23)n1C. The molecule has 0 aliphatic heterocycles. The van der Waals surface area contributed by atoms with Gasteiger partial charge in [0.1, 0.15) is 11.5 Å². The van der Waals surface area contributed by atoms with E-state index in [1.54, 1.807) is 12.1 Å². The average molecular weight is 427 g/mol. The summed E-state index contributed by atoms with van der Waals surface area (Å²) in [5.74, 6) is 2.80. The maximum absolute atomic E-state index is 6.20. The molecule has 0 aliphatic carbocycles. The van der Waals surface area contributed by atoms with Gasteiger partial charge in [-0.15, -0.1) is 20.4 Å². The monoisotopic (exact) mass is 426 g/mol.